The highest BCUT2D eigenvalue weighted by Crippen LogP contribution is 2.31. The molecule has 0 spiro atoms. The third-order valence-electron chi connectivity index (χ3n) is 5.60. The number of aliphatic imine (C=N–C) groups is 1. The molecule has 2 aromatic carbocycles. The number of guanidine groups is 1. The van der Waals surface area contributed by atoms with Gasteiger partial charge in [0.2, 0.25) is 0 Å². The van der Waals surface area contributed by atoms with Crippen molar-refractivity contribution in [3.05, 3.63) is 47.5 Å². The van der Waals surface area contributed by atoms with Crippen molar-refractivity contribution in [2.24, 2.45) is 16.5 Å². The molecule has 0 bridgehead atoms. The number of nitrogens with zero attached hydrogens (tertiary/aromatic N) is 5. The van der Waals surface area contributed by atoms with E-state index in [9.17, 15) is 9.90 Å². The van der Waals surface area contributed by atoms with Crippen LogP contribution in [-0.4, -0.2) is 64.1 Å². The molecule has 0 amide bonds. The number of carboxylic acid groups (broad SMARTS) is 1. The van der Waals surface area contributed by atoms with Crippen molar-refractivity contribution in [1.29, 1.82) is 0 Å². The zero-order valence-electron chi connectivity index (χ0n) is 17.6. The number of rotatable bonds is 5. The molecular weight excluding hydrogens is 430 g/mol. The maximum Gasteiger partial charge on any atom is 0.320 e. The lowest BCUT2D eigenvalue weighted by Gasteiger charge is -2.37. The summed E-state index contributed by atoms with van der Waals surface area (Å²) < 4.78 is 0. The molecule has 0 saturated carbocycles. The number of hydrogen-bond acceptors (Lipinski definition) is 6. The summed E-state index contributed by atoms with van der Waals surface area (Å²) in [7, 11) is 0. The second-order valence-corrected chi connectivity index (χ2v) is 8.09. The zero-order chi connectivity index (χ0) is 22.8. The largest absolute Gasteiger partial charge is 0.480 e. The number of carbonyl (C=O) groups is 1. The fraction of sp³-hybridized carbons (Fsp3) is 0.273. The highest BCUT2D eigenvalue weighted by Gasteiger charge is 2.25. The number of halogens is 1. The minimum atomic E-state index is -0.792. The van der Waals surface area contributed by atoms with Crippen molar-refractivity contribution < 1.29 is 9.90 Å². The van der Waals surface area contributed by atoms with E-state index in [4.69, 9.17) is 23.1 Å². The highest BCUT2D eigenvalue weighted by molar-refractivity contribution is 6.31. The fourth-order valence-electron chi connectivity index (χ4n) is 3.83. The molecule has 1 aliphatic heterocycles. The first-order valence-electron chi connectivity index (χ1n) is 10.2. The smallest absolute Gasteiger partial charge is 0.320 e. The molecule has 4 rings (SSSR count). The molecule has 2 heterocycles. The van der Waals surface area contributed by atoms with Crippen molar-refractivity contribution in [3.63, 3.8) is 0 Å². The van der Waals surface area contributed by atoms with Crippen LogP contribution in [-0.2, 0) is 4.79 Å². The van der Waals surface area contributed by atoms with Gasteiger partial charge in [-0.15, -0.1) is 0 Å². The standard InChI is InChI=1S/C22H24ClN7O2/c1-13(20(31)32)29-8-10-30(11-9-29)16-5-2-14(3-6-16)19-17-12-15(23)4-7-18(17)26-22(27-19)28-21(24)25/h2-7,12-13H,8-11H2,1H3,(H,31,32)(H4,24,25,26,27,28). The van der Waals surface area contributed by atoms with Crippen molar-refractivity contribution in [2.45, 2.75) is 13.0 Å². The molecule has 5 N–H and O–H groups in total. The molecule has 1 fully saturated rings. The van der Waals surface area contributed by atoms with Crippen LogP contribution in [0.15, 0.2) is 47.5 Å². The van der Waals surface area contributed by atoms with Crippen LogP contribution < -0.4 is 16.4 Å². The lowest BCUT2D eigenvalue weighted by atomic mass is 10.1. The Bertz CT molecular complexity index is 1170. The zero-order valence-corrected chi connectivity index (χ0v) is 18.3. The number of aromatic nitrogens is 2. The van der Waals surface area contributed by atoms with Gasteiger partial charge in [0.25, 0.3) is 5.95 Å². The van der Waals surface area contributed by atoms with Gasteiger partial charge < -0.3 is 21.5 Å². The van der Waals surface area contributed by atoms with Gasteiger partial charge in [0.15, 0.2) is 5.96 Å². The van der Waals surface area contributed by atoms with Crippen LogP contribution in [0.2, 0.25) is 5.02 Å². The predicted molar refractivity (Wildman–Crippen MR) is 126 cm³/mol. The van der Waals surface area contributed by atoms with Gasteiger partial charge in [0.05, 0.1) is 11.2 Å². The van der Waals surface area contributed by atoms with Crippen LogP contribution in [0.25, 0.3) is 22.2 Å². The first kappa shape index (κ1) is 21.8. The summed E-state index contributed by atoms with van der Waals surface area (Å²) in [4.78, 5) is 28.4. The van der Waals surface area contributed by atoms with E-state index in [1.165, 1.54) is 0 Å². The molecule has 3 aromatic rings. The molecule has 9 nitrogen and oxygen atoms in total. The Morgan fingerprint density at radius 1 is 1.09 bits per heavy atom. The minimum Gasteiger partial charge on any atom is -0.480 e. The first-order valence-corrected chi connectivity index (χ1v) is 10.6. The van der Waals surface area contributed by atoms with E-state index in [1.54, 1.807) is 19.1 Å². The minimum absolute atomic E-state index is 0.115. The second-order valence-electron chi connectivity index (χ2n) is 7.65. The third-order valence-corrected chi connectivity index (χ3v) is 5.84. The lowest BCUT2D eigenvalue weighted by molar-refractivity contribution is -0.142. The summed E-state index contributed by atoms with van der Waals surface area (Å²) in [5.74, 6) is -0.723. The first-order chi connectivity index (χ1) is 15.3. The van der Waals surface area contributed by atoms with E-state index in [1.807, 2.05) is 35.2 Å². The van der Waals surface area contributed by atoms with Gasteiger partial charge in [-0.3, -0.25) is 9.69 Å². The van der Waals surface area contributed by atoms with Crippen molar-refractivity contribution >= 4 is 46.1 Å². The molecule has 166 valence electrons. The average molecular weight is 454 g/mol. The van der Waals surface area contributed by atoms with E-state index in [2.05, 4.69) is 19.9 Å². The van der Waals surface area contributed by atoms with Crippen LogP contribution in [0.1, 0.15) is 6.92 Å². The van der Waals surface area contributed by atoms with Gasteiger partial charge in [-0.25, -0.2) is 9.97 Å². The normalized spacial score (nSPS) is 15.5. The number of benzene rings is 2. The number of piperazine rings is 1. The Morgan fingerprint density at radius 3 is 2.41 bits per heavy atom. The van der Waals surface area contributed by atoms with E-state index < -0.39 is 12.0 Å². The maximum atomic E-state index is 11.2. The Kier molecular flexibility index (Phi) is 6.11. The van der Waals surface area contributed by atoms with Gasteiger partial charge in [-0.2, -0.15) is 4.99 Å². The molecule has 1 aromatic heterocycles. The number of hydrogen-bond donors (Lipinski definition) is 3. The van der Waals surface area contributed by atoms with Gasteiger partial charge in [-0.1, -0.05) is 23.7 Å². The predicted octanol–water partition coefficient (Wildman–Crippen LogP) is 2.45. The summed E-state index contributed by atoms with van der Waals surface area (Å²) >= 11 is 6.21. The summed E-state index contributed by atoms with van der Waals surface area (Å²) in [6.45, 7) is 4.65. The number of anilines is 1. The number of carboxylic acids is 1. The summed E-state index contributed by atoms with van der Waals surface area (Å²) in [5.41, 5.74) is 14.3. The average Bonchev–Trinajstić information content (AvgIpc) is 2.78. The number of nitrogens with two attached hydrogens (primary N) is 2. The van der Waals surface area contributed by atoms with E-state index >= 15 is 0 Å². The summed E-state index contributed by atoms with van der Waals surface area (Å²) in [6, 6.07) is 13.0. The Labute approximate surface area is 190 Å². The van der Waals surface area contributed by atoms with Gasteiger partial charge >= 0.3 is 5.97 Å². The Morgan fingerprint density at radius 2 is 1.78 bits per heavy atom. The SMILES string of the molecule is CC(C(=O)O)N1CCN(c2ccc(-c3nc(N=C(N)N)nc4ccc(Cl)cc34)cc2)CC1. The van der Waals surface area contributed by atoms with Crippen LogP contribution >= 0.6 is 11.6 Å². The van der Waals surface area contributed by atoms with Crippen LogP contribution in [0.5, 0.6) is 0 Å². The van der Waals surface area contributed by atoms with Crippen LogP contribution in [0, 0.1) is 0 Å². The molecule has 32 heavy (non-hydrogen) atoms. The molecule has 0 aliphatic carbocycles. The highest BCUT2D eigenvalue weighted by atomic mass is 35.5. The maximum absolute atomic E-state index is 11.2. The molecule has 10 heteroatoms. The molecule has 1 atom stereocenters. The lowest BCUT2D eigenvalue weighted by Crippen LogP contribution is -2.51. The molecular formula is C22H24ClN7O2. The van der Waals surface area contributed by atoms with Crippen molar-refractivity contribution in [2.75, 3.05) is 31.1 Å². The number of fused-ring (bicyclic) bond motifs is 1. The van der Waals surface area contributed by atoms with E-state index in [-0.39, 0.29) is 11.9 Å². The Hall–Kier alpha value is -3.43. The van der Waals surface area contributed by atoms with Gasteiger partial charge in [0.1, 0.15) is 6.04 Å². The van der Waals surface area contributed by atoms with E-state index in [0.717, 1.165) is 29.7 Å². The summed E-state index contributed by atoms with van der Waals surface area (Å²) in [5, 5.41) is 10.6. The van der Waals surface area contributed by atoms with Crippen molar-refractivity contribution in [1.82, 2.24) is 14.9 Å². The van der Waals surface area contributed by atoms with Gasteiger partial charge in [-0.05, 0) is 37.3 Å². The Balaban J connectivity index is 1.61. The molecule has 1 aliphatic rings. The van der Waals surface area contributed by atoms with Crippen LogP contribution in [0.4, 0.5) is 11.6 Å². The summed E-state index contributed by atoms with van der Waals surface area (Å²) in [6.07, 6.45) is 0. The fourth-order valence-corrected chi connectivity index (χ4v) is 4.00. The van der Waals surface area contributed by atoms with Gasteiger partial charge in [0, 0.05) is 47.8 Å². The second kappa shape index (κ2) is 8.97. The molecule has 0 radical (unpaired) electrons. The van der Waals surface area contributed by atoms with Crippen molar-refractivity contribution in [3.8, 4) is 11.3 Å². The van der Waals surface area contributed by atoms with Crippen LogP contribution in [0.3, 0.4) is 0 Å². The molecule has 1 unspecified atom stereocenters. The monoisotopic (exact) mass is 453 g/mol. The van der Waals surface area contributed by atoms with E-state index in [0.29, 0.717) is 29.3 Å². The topological polar surface area (TPSA) is 134 Å². The quantitative estimate of drug-likeness (QED) is 0.396. The number of aliphatic carboxylic acids is 1. The molecule has 1 saturated heterocycles. The third kappa shape index (κ3) is 4.58.